The first kappa shape index (κ1) is 9.96. The van der Waals surface area contributed by atoms with Crippen molar-refractivity contribution in [2.45, 2.75) is 44.3 Å². The van der Waals surface area contributed by atoms with Crippen LogP contribution in [0.3, 0.4) is 0 Å². The molecule has 3 nitrogen and oxygen atoms in total. The largest absolute Gasteiger partial charge is 0.313 e. The summed E-state index contributed by atoms with van der Waals surface area (Å²) in [5.41, 5.74) is 11.4. The fourth-order valence-electron chi connectivity index (χ4n) is 1.92. The van der Waals surface area contributed by atoms with Crippen molar-refractivity contribution in [1.29, 1.82) is 0 Å². The Labute approximate surface area is 75.1 Å². The Morgan fingerprint density at radius 2 is 2.17 bits per heavy atom. The standard InChI is InChI=1S/C9H21N3/c1-3-4-8-7-9(10,11)5-6-12(8)2/h8H,3-7,10-11H2,1-2H3. The highest BCUT2D eigenvalue weighted by Crippen LogP contribution is 2.22. The van der Waals surface area contributed by atoms with Crippen LogP contribution < -0.4 is 11.5 Å². The van der Waals surface area contributed by atoms with E-state index in [0.717, 1.165) is 19.4 Å². The molecule has 12 heavy (non-hydrogen) atoms. The summed E-state index contributed by atoms with van der Waals surface area (Å²) >= 11 is 0. The molecule has 0 amide bonds. The van der Waals surface area contributed by atoms with Crippen molar-refractivity contribution in [2.75, 3.05) is 13.6 Å². The molecule has 0 aliphatic carbocycles. The topological polar surface area (TPSA) is 55.3 Å². The third kappa shape index (κ3) is 2.44. The fourth-order valence-corrected chi connectivity index (χ4v) is 1.92. The number of rotatable bonds is 2. The van der Waals surface area contributed by atoms with Gasteiger partial charge in [-0.25, -0.2) is 0 Å². The maximum absolute atomic E-state index is 5.91. The van der Waals surface area contributed by atoms with Crippen molar-refractivity contribution in [3.05, 3.63) is 0 Å². The molecule has 0 aromatic heterocycles. The first-order valence-electron chi connectivity index (χ1n) is 4.83. The molecule has 0 radical (unpaired) electrons. The van der Waals surface area contributed by atoms with E-state index in [1.807, 2.05) is 0 Å². The number of nitrogens with two attached hydrogens (primary N) is 2. The van der Waals surface area contributed by atoms with Crippen LogP contribution in [0.15, 0.2) is 0 Å². The van der Waals surface area contributed by atoms with Crippen LogP contribution in [-0.2, 0) is 0 Å². The lowest BCUT2D eigenvalue weighted by atomic mass is 9.90. The van der Waals surface area contributed by atoms with E-state index >= 15 is 0 Å². The number of nitrogens with zero attached hydrogens (tertiary/aromatic N) is 1. The lowest BCUT2D eigenvalue weighted by molar-refractivity contribution is 0.117. The number of piperidine rings is 1. The van der Waals surface area contributed by atoms with Gasteiger partial charge >= 0.3 is 0 Å². The third-order valence-electron chi connectivity index (χ3n) is 2.79. The van der Waals surface area contributed by atoms with Gasteiger partial charge in [0, 0.05) is 12.6 Å². The Morgan fingerprint density at radius 1 is 1.50 bits per heavy atom. The molecule has 4 N–H and O–H groups in total. The summed E-state index contributed by atoms with van der Waals surface area (Å²) in [6.07, 6.45) is 4.29. The number of hydrogen-bond donors (Lipinski definition) is 2. The van der Waals surface area contributed by atoms with Crippen LogP contribution in [0.4, 0.5) is 0 Å². The van der Waals surface area contributed by atoms with Crippen molar-refractivity contribution >= 4 is 0 Å². The zero-order chi connectivity index (χ0) is 9.19. The first-order chi connectivity index (χ1) is 5.55. The average molecular weight is 171 g/mol. The Hall–Kier alpha value is -0.120. The Bertz CT molecular complexity index is 145. The minimum atomic E-state index is -0.410. The second-order valence-corrected chi connectivity index (χ2v) is 4.11. The summed E-state index contributed by atoms with van der Waals surface area (Å²) in [5, 5.41) is 0. The van der Waals surface area contributed by atoms with E-state index < -0.39 is 5.66 Å². The molecule has 1 saturated heterocycles. The second kappa shape index (κ2) is 3.73. The van der Waals surface area contributed by atoms with Gasteiger partial charge in [-0.15, -0.1) is 0 Å². The van der Waals surface area contributed by atoms with Crippen LogP contribution in [0.25, 0.3) is 0 Å². The molecular weight excluding hydrogens is 150 g/mol. The lowest BCUT2D eigenvalue weighted by Crippen LogP contribution is -2.59. The molecule has 72 valence electrons. The van der Waals surface area contributed by atoms with Crippen molar-refractivity contribution in [2.24, 2.45) is 11.5 Å². The molecule has 0 saturated carbocycles. The smallest absolute Gasteiger partial charge is 0.0664 e. The number of hydrogen-bond acceptors (Lipinski definition) is 3. The van der Waals surface area contributed by atoms with Gasteiger partial charge in [-0.1, -0.05) is 13.3 Å². The molecule has 0 bridgehead atoms. The van der Waals surface area contributed by atoms with Gasteiger partial charge in [0.1, 0.15) is 0 Å². The van der Waals surface area contributed by atoms with E-state index in [1.165, 1.54) is 12.8 Å². The highest BCUT2D eigenvalue weighted by Gasteiger charge is 2.31. The summed E-state index contributed by atoms with van der Waals surface area (Å²) < 4.78 is 0. The molecule has 0 aromatic carbocycles. The minimum absolute atomic E-state index is 0.410. The summed E-state index contributed by atoms with van der Waals surface area (Å²) in [7, 11) is 2.16. The molecule has 1 aliphatic heterocycles. The van der Waals surface area contributed by atoms with Crippen LogP contribution in [-0.4, -0.2) is 30.2 Å². The van der Waals surface area contributed by atoms with Crippen LogP contribution in [0, 0.1) is 0 Å². The molecule has 3 heteroatoms. The van der Waals surface area contributed by atoms with Crippen molar-refractivity contribution < 1.29 is 0 Å². The van der Waals surface area contributed by atoms with Crippen LogP contribution >= 0.6 is 0 Å². The molecule has 1 atom stereocenters. The Kier molecular flexibility index (Phi) is 3.09. The zero-order valence-electron chi connectivity index (χ0n) is 8.21. The SMILES string of the molecule is CCCC1CC(N)(N)CCN1C. The van der Waals surface area contributed by atoms with Gasteiger partial charge in [0.25, 0.3) is 0 Å². The van der Waals surface area contributed by atoms with Gasteiger partial charge < -0.3 is 16.4 Å². The zero-order valence-corrected chi connectivity index (χ0v) is 8.21. The summed E-state index contributed by atoms with van der Waals surface area (Å²) in [6.45, 7) is 3.24. The highest BCUT2D eigenvalue weighted by molar-refractivity contribution is 4.89. The van der Waals surface area contributed by atoms with Crippen molar-refractivity contribution in [1.82, 2.24) is 4.90 Å². The maximum Gasteiger partial charge on any atom is 0.0664 e. The number of likely N-dealkylation sites (tertiary alicyclic amines) is 1. The molecule has 1 fully saturated rings. The van der Waals surface area contributed by atoms with E-state index in [0.29, 0.717) is 6.04 Å². The molecule has 0 spiro atoms. The molecule has 1 aliphatic rings. The first-order valence-corrected chi connectivity index (χ1v) is 4.83. The predicted octanol–water partition coefficient (Wildman–Crippen LogP) is 0.494. The maximum atomic E-state index is 5.91. The van der Waals surface area contributed by atoms with E-state index in [1.54, 1.807) is 0 Å². The van der Waals surface area contributed by atoms with E-state index in [4.69, 9.17) is 11.5 Å². The van der Waals surface area contributed by atoms with E-state index in [-0.39, 0.29) is 0 Å². The summed E-state index contributed by atoms with van der Waals surface area (Å²) in [6, 6.07) is 0.596. The molecule has 1 unspecified atom stereocenters. The highest BCUT2D eigenvalue weighted by atomic mass is 15.2. The summed E-state index contributed by atoms with van der Waals surface area (Å²) in [5.74, 6) is 0. The third-order valence-corrected chi connectivity index (χ3v) is 2.79. The Morgan fingerprint density at radius 3 is 2.75 bits per heavy atom. The molecule has 0 aromatic rings. The van der Waals surface area contributed by atoms with Gasteiger partial charge in [0.05, 0.1) is 5.66 Å². The van der Waals surface area contributed by atoms with Gasteiger partial charge in [0.15, 0.2) is 0 Å². The van der Waals surface area contributed by atoms with Gasteiger partial charge in [-0.05, 0) is 26.3 Å². The van der Waals surface area contributed by atoms with E-state index in [9.17, 15) is 0 Å². The summed E-state index contributed by atoms with van der Waals surface area (Å²) in [4.78, 5) is 2.38. The minimum Gasteiger partial charge on any atom is -0.313 e. The Balaban J connectivity index is 2.47. The quantitative estimate of drug-likeness (QED) is 0.595. The van der Waals surface area contributed by atoms with Crippen molar-refractivity contribution in [3.63, 3.8) is 0 Å². The molecule has 1 rings (SSSR count). The van der Waals surface area contributed by atoms with Gasteiger partial charge in [-0.3, -0.25) is 0 Å². The second-order valence-electron chi connectivity index (χ2n) is 4.11. The van der Waals surface area contributed by atoms with Gasteiger partial charge in [0.2, 0.25) is 0 Å². The molecular formula is C9H21N3. The predicted molar refractivity (Wildman–Crippen MR) is 51.7 cm³/mol. The average Bonchev–Trinajstić information content (AvgIpc) is 1.97. The van der Waals surface area contributed by atoms with E-state index in [2.05, 4.69) is 18.9 Å². The molecule has 1 heterocycles. The van der Waals surface area contributed by atoms with Crippen LogP contribution in [0.5, 0.6) is 0 Å². The normalized spacial score (nSPS) is 30.5. The lowest BCUT2D eigenvalue weighted by Gasteiger charge is -2.41. The van der Waals surface area contributed by atoms with Gasteiger partial charge in [-0.2, -0.15) is 0 Å². The van der Waals surface area contributed by atoms with Crippen LogP contribution in [0.1, 0.15) is 32.6 Å². The van der Waals surface area contributed by atoms with Crippen LogP contribution in [0.2, 0.25) is 0 Å². The monoisotopic (exact) mass is 171 g/mol. The van der Waals surface area contributed by atoms with Crippen molar-refractivity contribution in [3.8, 4) is 0 Å². The fraction of sp³-hybridized carbons (Fsp3) is 1.00.